The molecule has 12 heteroatoms. The molecule has 1 unspecified atom stereocenters. The lowest BCUT2D eigenvalue weighted by atomic mass is 9.85. The van der Waals surface area contributed by atoms with Gasteiger partial charge in [-0.25, -0.2) is 13.1 Å². The van der Waals surface area contributed by atoms with Crippen LogP contribution < -0.4 is 10.0 Å². The number of amides is 1. The van der Waals surface area contributed by atoms with Gasteiger partial charge in [0, 0.05) is 53.8 Å². The number of nitrogens with one attached hydrogen (secondary N) is 3. The van der Waals surface area contributed by atoms with E-state index in [1.54, 1.807) is 18.2 Å². The number of hydrogen-bond donors (Lipinski definition) is 4. The van der Waals surface area contributed by atoms with Crippen LogP contribution in [-0.2, 0) is 21.4 Å². The van der Waals surface area contributed by atoms with Crippen LogP contribution in [0.4, 0.5) is 13.2 Å². The molecule has 1 saturated heterocycles. The molecule has 0 bridgehead atoms. The van der Waals surface area contributed by atoms with Crippen molar-refractivity contribution in [3.8, 4) is 11.3 Å². The molecule has 1 aliphatic carbocycles. The molecule has 40 heavy (non-hydrogen) atoms. The average Bonchev–Trinajstić information content (AvgIpc) is 3.35. The van der Waals surface area contributed by atoms with E-state index in [9.17, 15) is 31.5 Å². The van der Waals surface area contributed by atoms with E-state index in [4.69, 9.17) is 0 Å². The Hall–Kier alpha value is -2.93. The number of fused-ring (bicyclic) bond motifs is 1. The number of halogens is 3. The zero-order valence-electron chi connectivity index (χ0n) is 22.1. The Bertz CT molecular complexity index is 1500. The number of aliphatic hydroxyl groups is 1. The first kappa shape index (κ1) is 28.6. The van der Waals surface area contributed by atoms with E-state index in [1.165, 1.54) is 4.90 Å². The molecule has 2 aliphatic rings. The maximum atomic E-state index is 13.2. The van der Waals surface area contributed by atoms with E-state index in [0.29, 0.717) is 31.2 Å². The number of aryl methyl sites for hydroxylation is 1. The highest BCUT2D eigenvalue weighted by atomic mass is 32.2. The third-order valence-corrected chi connectivity index (χ3v) is 9.47. The zero-order chi connectivity index (χ0) is 28.7. The monoisotopic (exact) mass is 578 g/mol. The molecule has 8 nitrogen and oxygen atoms in total. The van der Waals surface area contributed by atoms with Crippen LogP contribution in [0.5, 0.6) is 0 Å². The number of aromatic amines is 1. The lowest BCUT2D eigenvalue weighted by Gasteiger charge is -2.38. The molecule has 4 N–H and O–H groups in total. The van der Waals surface area contributed by atoms with Crippen LogP contribution in [0.15, 0.2) is 47.4 Å². The Balaban J connectivity index is 1.22. The second kappa shape index (κ2) is 11.2. The summed E-state index contributed by atoms with van der Waals surface area (Å²) in [7, 11) is -3.83. The summed E-state index contributed by atoms with van der Waals surface area (Å²) in [6.45, 7) is 1.83. The summed E-state index contributed by atoms with van der Waals surface area (Å²) in [5.41, 5.74) is 4.27. The minimum absolute atomic E-state index is 0.0431. The van der Waals surface area contributed by atoms with E-state index < -0.39 is 34.7 Å². The van der Waals surface area contributed by atoms with Gasteiger partial charge >= 0.3 is 6.18 Å². The first-order valence-electron chi connectivity index (χ1n) is 13.4. The van der Waals surface area contributed by atoms with Crippen molar-refractivity contribution in [2.75, 3.05) is 19.6 Å². The van der Waals surface area contributed by atoms with Crippen molar-refractivity contribution in [2.45, 2.75) is 62.4 Å². The van der Waals surface area contributed by atoms with Crippen molar-refractivity contribution in [1.29, 1.82) is 0 Å². The number of carbonyl (C=O) groups is 1. The molecule has 2 fully saturated rings. The fraction of sp³-hybridized carbons (Fsp3) is 0.464. The molecule has 0 spiro atoms. The minimum atomic E-state index is -4.41. The lowest BCUT2D eigenvalue weighted by molar-refractivity contribution is -0.169. The number of H-pyrrole nitrogens is 1. The summed E-state index contributed by atoms with van der Waals surface area (Å²) in [4.78, 5) is 17.6. The molecule has 2 aromatic carbocycles. The summed E-state index contributed by atoms with van der Waals surface area (Å²) >= 11 is 0. The third kappa shape index (κ3) is 6.04. The second-order valence-electron chi connectivity index (χ2n) is 10.7. The molecule has 1 aromatic heterocycles. The van der Waals surface area contributed by atoms with Gasteiger partial charge in [0.1, 0.15) is 6.04 Å². The second-order valence-corrected chi connectivity index (χ2v) is 12.5. The number of aromatic nitrogens is 1. The van der Waals surface area contributed by atoms with Gasteiger partial charge in [0.25, 0.3) is 0 Å². The first-order chi connectivity index (χ1) is 18.9. The zero-order valence-corrected chi connectivity index (χ0v) is 22.9. The van der Waals surface area contributed by atoms with E-state index in [0.717, 1.165) is 27.8 Å². The maximum Gasteiger partial charge on any atom is 0.405 e. The van der Waals surface area contributed by atoms with Crippen LogP contribution in [0.1, 0.15) is 36.8 Å². The largest absolute Gasteiger partial charge is 0.405 e. The molecule has 1 atom stereocenters. The van der Waals surface area contributed by atoms with Crippen molar-refractivity contribution in [3.63, 3.8) is 0 Å². The van der Waals surface area contributed by atoms with Gasteiger partial charge in [0.05, 0.1) is 11.5 Å². The molecule has 1 saturated carbocycles. The van der Waals surface area contributed by atoms with E-state index in [-0.39, 0.29) is 36.5 Å². The van der Waals surface area contributed by atoms with Crippen molar-refractivity contribution < 1.29 is 31.5 Å². The molecular formula is C28H33F3N4O4S. The first-order valence-corrected chi connectivity index (χ1v) is 14.9. The smallest absolute Gasteiger partial charge is 0.392 e. The van der Waals surface area contributed by atoms with Crippen molar-refractivity contribution >= 4 is 26.8 Å². The number of sulfonamides is 1. The van der Waals surface area contributed by atoms with Gasteiger partial charge in [-0.2, -0.15) is 13.2 Å². The van der Waals surface area contributed by atoms with Gasteiger partial charge in [-0.15, -0.1) is 0 Å². The highest BCUT2D eigenvalue weighted by molar-refractivity contribution is 7.89. The lowest BCUT2D eigenvalue weighted by Crippen LogP contribution is -2.59. The Morgan fingerprint density at radius 1 is 1.10 bits per heavy atom. The summed E-state index contributed by atoms with van der Waals surface area (Å²) in [5.74, 6) is -0.692. The Morgan fingerprint density at radius 2 is 1.85 bits per heavy atom. The number of piperazine rings is 1. The predicted octanol–water partition coefficient (Wildman–Crippen LogP) is 3.84. The fourth-order valence-electron chi connectivity index (χ4n) is 5.72. The minimum Gasteiger partial charge on any atom is -0.392 e. The summed E-state index contributed by atoms with van der Waals surface area (Å²) in [5, 5.41) is 12.6. The summed E-state index contributed by atoms with van der Waals surface area (Å²) in [6.07, 6.45) is -2.71. The van der Waals surface area contributed by atoms with Crippen LogP contribution in [0, 0.1) is 12.8 Å². The van der Waals surface area contributed by atoms with Gasteiger partial charge in [0.15, 0.2) is 0 Å². The highest BCUT2D eigenvalue weighted by Gasteiger charge is 2.43. The Labute approximate surface area is 231 Å². The molecule has 1 aliphatic heterocycles. The van der Waals surface area contributed by atoms with Crippen LogP contribution in [0.2, 0.25) is 0 Å². The van der Waals surface area contributed by atoms with Crippen LogP contribution in [0.25, 0.3) is 22.2 Å². The number of rotatable bonds is 6. The van der Waals surface area contributed by atoms with Gasteiger partial charge in [-0.1, -0.05) is 24.3 Å². The highest BCUT2D eigenvalue weighted by Crippen LogP contribution is 2.31. The van der Waals surface area contributed by atoms with Gasteiger partial charge < -0.3 is 20.3 Å². The number of aliphatic hydroxyl groups excluding tert-OH is 1. The van der Waals surface area contributed by atoms with Crippen molar-refractivity contribution in [2.24, 2.45) is 5.92 Å². The van der Waals surface area contributed by atoms with Crippen LogP contribution in [-0.4, -0.2) is 67.2 Å². The quantitative estimate of drug-likeness (QED) is 0.355. The summed E-state index contributed by atoms with van der Waals surface area (Å²) < 4.78 is 68.5. The molecular weight excluding hydrogens is 545 g/mol. The molecule has 1 amide bonds. The molecule has 216 valence electrons. The van der Waals surface area contributed by atoms with Gasteiger partial charge in [0.2, 0.25) is 15.9 Å². The number of hydrogen-bond acceptors (Lipinski definition) is 5. The average molecular weight is 579 g/mol. The fourth-order valence-corrected chi connectivity index (χ4v) is 7.05. The van der Waals surface area contributed by atoms with E-state index >= 15 is 0 Å². The summed E-state index contributed by atoms with van der Waals surface area (Å²) in [6, 6.07) is 10.4. The van der Waals surface area contributed by atoms with Crippen molar-refractivity contribution in [3.05, 3.63) is 53.6 Å². The van der Waals surface area contributed by atoms with E-state index in [1.807, 2.05) is 31.2 Å². The van der Waals surface area contributed by atoms with Gasteiger partial charge in [-0.05, 0) is 61.9 Å². The molecule has 5 rings (SSSR count). The topological polar surface area (TPSA) is 115 Å². The standard InChI is InChI=1S/C28H33F3N4O4S/c1-17-12-18(16-36)2-9-23(17)25-13-20-5-8-22(14-24(20)33-25)40(38,39)34-21-6-3-19(4-7-21)27(37)35-11-10-32-26(15-35)28(29,30)31/h2,5,8-9,12-14,19,21,26,32-34,36H,3-4,6-7,10-11,15-16H2,1H3/t19-,21-,26?. The third-order valence-electron chi connectivity index (χ3n) is 7.95. The van der Waals surface area contributed by atoms with Crippen molar-refractivity contribution in [1.82, 2.24) is 19.9 Å². The van der Waals surface area contributed by atoms with Gasteiger partial charge in [-0.3, -0.25) is 4.79 Å². The predicted molar refractivity (Wildman–Crippen MR) is 145 cm³/mol. The Morgan fingerprint density at radius 3 is 2.52 bits per heavy atom. The normalized spacial score (nSPS) is 22.5. The number of benzene rings is 2. The molecule has 3 aromatic rings. The molecule has 2 heterocycles. The number of nitrogens with zero attached hydrogens (tertiary/aromatic N) is 1. The SMILES string of the molecule is Cc1cc(CO)ccc1-c1cc2ccc(S(=O)(=O)N[C@H]3CC[C@H](C(=O)N4CCNC(C(F)(F)F)C4)CC3)cc2[nH]1. The van der Waals surface area contributed by atoms with Crippen LogP contribution >= 0.6 is 0 Å². The molecule has 0 radical (unpaired) electrons. The number of alkyl halides is 3. The maximum absolute atomic E-state index is 13.2. The number of carbonyl (C=O) groups excluding carboxylic acids is 1. The van der Waals surface area contributed by atoms with Crippen LogP contribution in [0.3, 0.4) is 0 Å². The van der Waals surface area contributed by atoms with E-state index in [2.05, 4.69) is 15.0 Å². The Kier molecular flexibility index (Phi) is 7.97.